The molecule has 0 amide bonds. The molecule has 1 heterocycles. The molecule has 1 aromatic heterocycles. The lowest BCUT2D eigenvalue weighted by molar-refractivity contribution is 0.290. The van der Waals surface area contributed by atoms with E-state index in [1.54, 1.807) is 6.20 Å². The molecule has 3 nitrogen and oxygen atoms in total. The molecule has 2 N–H and O–H groups in total. The Morgan fingerprint density at radius 1 is 1.28 bits per heavy atom. The van der Waals surface area contributed by atoms with Gasteiger partial charge < -0.3 is 10.5 Å². The summed E-state index contributed by atoms with van der Waals surface area (Å²) < 4.78 is 5.70. The predicted octanol–water partition coefficient (Wildman–Crippen LogP) is 3.08. The number of hydrogen-bond donors (Lipinski definition) is 1. The summed E-state index contributed by atoms with van der Waals surface area (Å²) in [5.74, 6) is 0.581. The van der Waals surface area contributed by atoms with Crippen molar-refractivity contribution in [1.82, 2.24) is 4.98 Å². The monoisotopic (exact) mass is 262 g/mol. The number of pyridine rings is 1. The predicted molar refractivity (Wildman–Crippen MR) is 72.6 cm³/mol. The van der Waals surface area contributed by atoms with Crippen LogP contribution in [0.15, 0.2) is 36.5 Å². The number of rotatable bonds is 4. The number of aromatic nitrogens is 1. The molecule has 0 saturated carbocycles. The molecule has 1 aromatic carbocycles. The van der Waals surface area contributed by atoms with Gasteiger partial charge in [-0.25, -0.2) is 4.98 Å². The minimum Gasteiger partial charge on any atom is -0.472 e. The molecule has 4 heteroatoms. The molecular weight excluding hydrogens is 248 g/mol. The molecule has 0 radical (unpaired) electrons. The Kier molecular flexibility index (Phi) is 4.18. The molecule has 0 aliphatic rings. The van der Waals surface area contributed by atoms with Gasteiger partial charge in [0.15, 0.2) is 0 Å². The maximum Gasteiger partial charge on any atom is 0.218 e. The molecule has 0 unspecified atom stereocenters. The van der Waals surface area contributed by atoms with E-state index in [4.69, 9.17) is 22.1 Å². The van der Waals surface area contributed by atoms with Crippen molar-refractivity contribution in [1.29, 1.82) is 0 Å². The van der Waals surface area contributed by atoms with Gasteiger partial charge in [0.2, 0.25) is 5.88 Å². The normalized spacial score (nSPS) is 10.4. The van der Waals surface area contributed by atoms with E-state index in [1.165, 1.54) is 0 Å². The standard InChI is InChI=1S/C14H15ClN2O/c1-10-6-7-17-14(12(10)8-16)18-9-11-4-2-3-5-13(11)15/h2-7H,8-9,16H2,1H3. The van der Waals surface area contributed by atoms with Crippen molar-refractivity contribution in [3.05, 3.63) is 58.2 Å². The fourth-order valence-corrected chi connectivity index (χ4v) is 1.89. The Morgan fingerprint density at radius 2 is 2.06 bits per heavy atom. The average molecular weight is 263 g/mol. The number of ether oxygens (including phenoxy) is 1. The molecule has 0 bridgehead atoms. The lowest BCUT2D eigenvalue weighted by Crippen LogP contribution is -2.06. The number of hydrogen-bond acceptors (Lipinski definition) is 3. The Balaban J connectivity index is 2.16. The Morgan fingerprint density at radius 3 is 2.78 bits per heavy atom. The van der Waals surface area contributed by atoms with Gasteiger partial charge in [-0.2, -0.15) is 0 Å². The number of nitrogens with two attached hydrogens (primary N) is 1. The molecule has 2 aromatic rings. The molecule has 94 valence electrons. The lowest BCUT2D eigenvalue weighted by Gasteiger charge is -2.11. The highest BCUT2D eigenvalue weighted by Gasteiger charge is 2.07. The Hall–Kier alpha value is -1.58. The summed E-state index contributed by atoms with van der Waals surface area (Å²) >= 11 is 6.07. The van der Waals surface area contributed by atoms with Crippen molar-refractivity contribution in [3.8, 4) is 5.88 Å². The SMILES string of the molecule is Cc1ccnc(OCc2ccccc2Cl)c1CN. The molecule has 0 atom stereocenters. The maximum absolute atomic E-state index is 6.07. The molecule has 0 spiro atoms. The quantitative estimate of drug-likeness (QED) is 0.921. The number of nitrogens with zero attached hydrogens (tertiary/aromatic N) is 1. The maximum atomic E-state index is 6.07. The van der Waals surface area contributed by atoms with Crippen molar-refractivity contribution in [2.45, 2.75) is 20.1 Å². The Labute approximate surface area is 112 Å². The minimum atomic E-state index is 0.392. The van der Waals surface area contributed by atoms with Crippen LogP contribution in [0.25, 0.3) is 0 Å². The lowest BCUT2D eigenvalue weighted by atomic mass is 10.1. The summed E-state index contributed by atoms with van der Waals surface area (Å²) in [7, 11) is 0. The summed E-state index contributed by atoms with van der Waals surface area (Å²) in [6.07, 6.45) is 1.72. The highest BCUT2D eigenvalue weighted by Crippen LogP contribution is 2.21. The fraction of sp³-hybridized carbons (Fsp3) is 0.214. The van der Waals surface area contributed by atoms with Crippen LogP contribution in [0.4, 0.5) is 0 Å². The Bertz CT molecular complexity index is 543. The third-order valence-corrected chi connectivity index (χ3v) is 3.15. The first-order chi connectivity index (χ1) is 8.72. The van der Waals surface area contributed by atoms with E-state index < -0.39 is 0 Å². The molecule has 0 fully saturated rings. The first-order valence-electron chi connectivity index (χ1n) is 5.73. The smallest absolute Gasteiger partial charge is 0.218 e. The highest BCUT2D eigenvalue weighted by molar-refractivity contribution is 6.31. The summed E-state index contributed by atoms with van der Waals surface area (Å²) in [6.45, 7) is 2.80. The van der Waals surface area contributed by atoms with Gasteiger partial charge in [0.25, 0.3) is 0 Å². The molecule has 2 rings (SSSR count). The summed E-state index contributed by atoms with van der Waals surface area (Å²) in [6, 6.07) is 9.51. The van der Waals surface area contributed by atoms with Gasteiger partial charge in [0.1, 0.15) is 6.61 Å². The molecule has 0 aliphatic carbocycles. The summed E-state index contributed by atoms with van der Waals surface area (Å²) in [5, 5.41) is 0.694. The topological polar surface area (TPSA) is 48.1 Å². The van der Waals surface area contributed by atoms with E-state index in [0.29, 0.717) is 24.1 Å². The van der Waals surface area contributed by atoms with Crippen molar-refractivity contribution >= 4 is 11.6 Å². The number of aryl methyl sites for hydroxylation is 1. The zero-order valence-electron chi connectivity index (χ0n) is 10.2. The van der Waals surface area contributed by atoms with E-state index in [9.17, 15) is 0 Å². The largest absolute Gasteiger partial charge is 0.472 e. The van der Waals surface area contributed by atoms with Gasteiger partial charge in [0.05, 0.1) is 0 Å². The van der Waals surface area contributed by atoms with Gasteiger partial charge in [-0.1, -0.05) is 29.8 Å². The van der Waals surface area contributed by atoms with E-state index in [1.807, 2.05) is 37.3 Å². The van der Waals surface area contributed by atoms with Crippen molar-refractivity contribution in [2.75, 3.05) is 0 Å². The third-order valence-electron chi connectivity index (χ3n) is 2.78. The average Bonchev–Trinajstić information content (AvgIpc) is 2.38. The number of benzene rings is 1. The van der Waals surface area contributed by atoms with Crippen molar-refractivity contribution in [3.63, 3.8) is 0 Å². The van der Waals surface area contributed by atoms with Gasteiger partial charge in [0, 0.05) is 28.9 Å². The second-order valence-corrected chi connectivity index (χ2v) is 4.40. The van der Waals surface area contributed by atoms with Gasteiger partial charge in [-0.3, -0.25) is 0 Å². The van der Waals surface area contributed by atoms with Crippen LogP contribution in [0.5, 0.6) is 5.88 Å². The fourth-order valence-electron chi connectivity index (χ4n) is 1.70. The number of halogens is 1. The first-order valence-corrected chi connectivity index (χ1v) is 6.11. The molecule has 0 aliphatic heterocycles. The van der Waals surface area contributed by atoms with Crippen LogP contribution in [-0.2, 0) is 13.2 Å². The van der Waals surface area contributed by atoms with Gasteiger partial charge in [-0.05, 0) is 24.6 Å². The van der Waals surface area contributed by atoms with Crippen LogP contribution < -0.4 is 10.5 Å². The van der Waals surface area contributed by atoms with E-state index in [2.05, 4.69) is 4.98 Å². The van der Waals surface area contributed by atoms with Crippen LogP contribution in [0.3, 0.4) is 0 Å². The van der Waals surface area contributed by atoms with Crippen molar-refractivity contribution < 1.29 is 4.74 Å². The van der Waals surface area contributed by atoms with Crippen LogP contribution in [-0.4, -0.2) is 4.98 Å². The van der Waals surface area contributed by atoms with Crippen LogP contribution in [0.1, 0.15) is 16.7 Å². The second-order valence-electron chi connectivity index (χ2n) is 4.00. The van der Waals surface area contributed by atoms with Gasteiger partial charge in [-0.15, -0.1) is 0 Å². The summed E-state index contributed by atoms with van der Waals surface area (Å²) in [5.41, 5.74) is 8.66. The van der Waals surface area contributed by atoms with E-state index in [0.717, 1.165) is 16.7 Å². The van der Waals surface area contributed by atoms with Crippen molar-refractivity contribution in [2.24, 2.45) is 5.73 Å². The highest BCUT2D eigenvalue weighted by atomic mass is 35.5. The second kappa shape index (κ2) is 5.85. The third kappa shape index (κ3) is 2.81. The van der Waals surface area contributed by atoms with Gasteiger partial charge >= 0.3 is 0 Å². The zero-order chi connectivity index (χ0) is 13.0. The van der Waals surface area contributed by atoms with E-state index in [-0.39, 0.29) is 0 Å². The van der Waals surface area contributed by atoms with Crippen LogP contribution in [0, 0.1) is 6.92 Å². The van der Waals surface area contributed by atoms with E-state index >= 15 is 0 Å². The first kappa shape index (κ1) is 12.9. The minimum absolute atomic E-state index is 0.392. The molecular formula is C14H15ClN2O. The van der Waals surface area contributed by atoms with Crippen LogP contribution >= 0.6 is 11.6 Å². The summed E-state index contributed by atoms with van der Waals surface area (Å²) in [4.78, 5) is 4.21. The zero-order valence-corrected chi connectivity index (χ0v) is 10.9. The molecule has 18 heavy (non-hydrogen) atoms. The molecule has 0 saturated heterocycles. The van der Waals surface area contributed by atoms with Crippen LogP contribution in [0.2, 0.25) is 5.02 Å².